The van der Waals surface area contributed by atoms with Gasteiger partial charge in [0.1, 0.15) is 0 Å². The number of imide groups is 1. The number of nitrogens with zero attached hydrogens (tertiary/aromatic N) is 2. The predicted molar refractivity (Wildman–Crippen MR) is 97.7 cm³/mol. The van der Waals surface area contributed by atoms with Crippen molar-refractivity contribution in [1.82, 2.24) is 0 Å². The van der Waals surface area contributed by atoms with Crippen molar-refractivity contribution in [3.05, 3.63) is 80.9 Å². The van der Waals surface area contributed by atoms with Gasteiger partial charge in [0.2, 0.25) is 0 Å². The van der Waals surface area contributed by atoms with Crippen molar-refractivity contribution >= 4 is 34.0 Å². The molecule has 2 amide bonds. The molecule has 0 unspecified atom stereocenters. The number of amides is 2. The molecule has 4 rings (SSSR count). The van der Waals surface area contributed by atoms with E-state index in [9.17, 15) is 19.7 Å². The highest BCUT2D eigenvalue weighted by Crippen LogP contribution is 2.35. The zero-order chi connectivity index (χ0) is 18.6. The van der Waals surface area contributed by atoms with E-state index in [0.29, 0.717) is 22.0 Å². The van der Waals surface area contributed by atoms with Gasteiger partial charge in [0, 0.05) is 23.1 Å². The van der Waals surface area contributed by atoms with Gasteiger partial charge in [-0.25, -0.2) is 4.90 Å². The number of nitro benzene ring substituents is 1. The molecular weight excluding hydrogens is 332 g/mol. The summed E-state index contributed by atoms with van der Waals surface area (Å²) in [4.78, 5) is 37.9. The van der Waals surface area contributed by atoms with Crippen LogP contribution in [-0.4, -0.2) is 16.7 Å². The summed E-state index contributed by atoms with van der Waals surface area (Å²) in [6, 6.07) is 12.9. The number of rotatable bonds is 2. The highest BCUT2D eigenvalue weighted by Gasteiger charge is 2.35. The third-order valence-corrected chi connectivity index (χ3v) is 4.79. The fourth-order valence-corrected chi connectivity index (χ4v) is 3.30. The van der Waals surface area contributed by atoms with Crippen LogP contribution in [0.4, 0.5) is 11.4 Å². The summed E-state index contributed by atoms with van der Waals surface area (Å²) >= 11 is 0. The van der Waals surface area contributed by atoms with Gasteiger partial charge in [-0.15, -0.1) is 0 Å². The molecular formula is C20H14N2O4. The molecule has 6 nitrogen and oxygen atoms in total. The summed E-state index contributed by atoms with van der Waals surface area (Å²) in [7, 11) is 0. The minimum Gasteiger partial charge on any atom is -0.268 e. The molecule has 1 aliphatic heterocycles. The van der Waals surface area contributed by atoms with Crippen molar-refractivity contribution in [2.24, 2.45) is 0 Å². The molecule has 0 atom stereocenters. The fraction of sp³-hybridized carbons (Fsp3) is 0.100. The molecule has 0 spiro atoms. The zero-order valence-corrected chi connectivity index (χ0v) is 14.1. The number of benzene rings is 3. The van der Waals surface area contributed by atoms with E-state index < -0.39 is 16.7 Å². The molecule has 0 saturated carbocycles. The smallest absolute Gasteiger partial charge is 0.268 e. The molecule has 6 heteroatoms. The second-order valence-corrected chi connectivity index (χ2v) is 6.37. The Bertz CT molecular complexity index is 1130. The standard InChI is InChI=1S/C20H14N2O4/c1-11-6-7-14(8-12(11)2)21-19(23)16-5-3-4-13-9-15(22(25)26)10-17(18(13)16)20(21)24/h3-10H,1-2H3. The molecule has 0 saturated heterocycles. The number of nitro groups is 1. The average molecular weight is 346 g/mol. The summed E-state index contributed by atoms with van der Waals surface area (Å²) in [5.74, 6) is -0.976. The lowest BCUT2D eigenvalue weighted by atomic mass is 9.93. The lowest BCUT2D eigenvalue weighted by molar-refractivity contribution is -0.384. The first-order valence-corrected chi connectivity index (χ1v) is 8.05. The highest BCUT2D eigenvalue weighted by atomic mass is 16.6. The van der Waals surface area contributed by atoms with Crippen LogP contribution in [0.25, 0.3) is 10.8 Å². The summed E-state index contributed by atoms with van der Waals surface area (Å²) < 4.78 is 0. The summed E-state index contributed by atoms with van der Waals surface area (Å²) in [5, 5.41) is 12.2. The number of non-ortho nitro benzene ring substituents is 1. The molecule has 3 aromatic rings. The van der Waals surface area contributed by atoms with Gasteiger partial charge in [-0.3, -0.25) is 19.7 Å². The van der Waals surface area contributed by atoms with E-state index in [1.165, 1.54) is 12.1 Å². The maximum absolute atomic E-state index is 13.1. The van der Waals surface area contributed by atoms with Gasteiger partial charge in [0.05, 0.1) is 16.2 Å². The molecule has 0 aromatic heterocycles. The van der Waals surface area contributed by atoms with Crippen molar-refractivity contribution < 1.29 is 14.5 Å². The fourth-order valence-electron chi connectivity index (χ4n) is 3.30. The Labute approximate surface area is 148 Å². The lowest BCUT2D eigenvalue weighted by Crippen LogP contribution is -2.40. The van der Waals surface area contributed by atoms with Gasteiger partial charge >= 0.3 is 0 Å². The van der Waals surface area contributed by atoms with Gasteiger partial charge < -0.3 is 0 Å². The van der Waals surface area contributed by atoms with E-state index in [4.69, 9.17) is 0 Å². The van der Waals surface area contributed by atoms with Gasteiger partial charge in [-0.05, 0) is 48.6 Å². The van der Waals surface area contributed by atoms with Crippen LogP contribution in [0.3, 0.4) is 0 Å². The molecule has 0 aliphatic carbocycles. The molecule has 0 radical (unpaired) electrons. The SMILES string of the molecule is Cc1ccc(N2C(=O)c3cccc4cc([N+](=O)[O-])cc(c34)C2=O)cc1C. The van der Waals surface area contributed by atoms with Crippen LogP contribution in [0, 0.1) is 24.0 Å². The molecule has 0 N–H and O–H groups in total. The topological polar surface area (TPSA) is 80.5 Å². The Hall–Kier alpha value is -3.54. The van der Waals surface area contributed by atoms with Crippen molar-refractivity contribution in [3.63, 3.8) is 0 Å². The van der Waals surface area contributed by atoms with Gasteiger partial charge in [0.25, 0.3) is 17.5 Å². The van der Waals surface area contributed by atoms with Crippen molar-refractivity contribution in [2.45, 2.75) is 13.8 Å². The van der Waals surface area contributed by atoms with Gasteiger partial charge in [-0.2, -0.15) is 0 Å². The molecule has 26 heavy (non-hydrogen) atoms. The highest BCUT2D eigenvalue weighted by molar-refractivity contribution is 6.36. The van der Waals surface area contributed by atoms with Crippen LogP contribution in [0.15, 0.2) is 48.5 Å². The molecule has 0 fully saturated rings. The Morgan fingerprint density at radius 2 is 1.62 bits per heavy atom. The third-order valence-electron chi connectivity index (χ3n) is 4.79. The van der Waals surface area contributed by atoms with Crippen LogP contribution in [0.5, 0.6) is 0 Å². The van der Waals surface area contributed by atoms with E-state index in [-0.39, 0.29) is 11.3 Å². The maximum Gasteiger partial charge on any atom is 0.270 e. The van der Waals surface area contributed by atoms with Crippen molar-refractivity contribution in [1.29, 1.82) is 0 Å². The summed E-state index contributed by atoms with van der Waals surface area (Å²) in [6.45, 7) is 3.84. The second kappa shape index (κ2) is 5.49. The number of anilines is 1. The van der Waals surface area contributed by atoms with Crippen molar-refractivity contribution in [3.8, 4) is 0 Å². The molecule has 128 valence electrons. The van der Waals surface area contributed by atoms with E-state index in [1.54, 1.807) is 30.3 Å². The summed E-state index contributed by atoms with van der Waals surface area (Å²) in [6.07, 6.45) is 0. The maximum atomic E-state index is 13.1. The van der Waals surface area contributed by atoms with Crippen LogP contribution in [0.1, 0.15) is 31.8 Å². The first-order valence-electron chi connectivity index (χ1n) is 8.05. The van der Waals surface area contributed by atoms with E-state index >= 15 is 0 Å². The number of carbonyl (C=O) groups excluding carboxylic acids is 2. The molecule has 1 heterocycles. The van der Waals surface area contributed by atoms with E-state index in [2.05, 4.69) is 0 Å². The number of hydrogen-bond donors (Lipinski definition) is 0. The van der Waals surface area contributed by atoms with Gasteiger partial charge in [0.15, 0.2) is 0 Å². The van der Waals surface area contributed by atoms with E-state index in [0.717, 1.165) is 16.0 Å². The average Bonchev–Trinajstić information content (AvgIpc) is 2.62. The van der Waals surface area contributed by atoms with E-state index in [1.807, 2.05) is 19.9 Å². The Kier molecular flexibility index (Phi) is 3.37. The van der Waals surface area contributed by atoms with Crippen LogP contribution < -0.4 is 4.90 Å². The quantitative estimate of drug-likeness (QED) is 0.396. The Morgan fingerprint density at radius 1 is 0.885 bits per heavy atom. The number of carbonyl (C=O) groups is 2. The Balaban J connectivity index is 1.99. The lowest BCUT2D eigenvalue weighted by Gasteiger charge is -2.27. The van der Waals surface area contributed by atoms with Gasteiger partial charge in [-0.1, -0.05) is 18.2 Å². The second-order valence-electron chi connectivity index (χ2n) is 6.37. The third kappa shape index (κ3) is 2.19. The normalized spacial score (nSPS) is 13.4. The van der Waals surface area contributed by atoms with Crippen LogP contribution >= 0.6 is 0 Å². The number of hydrogen-bond acceptors (Lipinski definition) is 4. The molecule has 0 bridgehead atoms. The first-order chi connectivity index (χ1) is 12.4. The molecule has 3 aromatic carbocycles. The first kappa shape index (κ1) is 16.0. The van der Waals surface area contributed by atoms with Crippen molar-refractivity contribution in [2.75, 3.05) is 4.90 Å². The Morgan fingerprint density at radius 3 is 2.31 bits per heavy atom. The predicted octanol–water partition coefficient (Wildman–Crippen LogP) is 4.17. The van der Waals surface area contributed by atoms with Crippen LogP contribution in [-0.2, 0) is 0 Å². The number of aryl methyl sites for hydroxylation is 2. The van der Waals surface area contributed by atoms with Crippen LogP contribution in [0.2, 0.25) is 0 Å². The minimum absolute atomic E-state index is 0.169. The monoisotopic (exact) mass is 346 g/mol. The summed E-state index contributed by atoms with van der Waals surface area (Å²) in [5.41, 5.74) is 2.81. The minimum atomic E-state index is -0.550. The zero-order valence-electron chi connectivity index (χ0n) is 14.1. The largest absolute Gasteiger partial charge is 0.270 e. The molecule has 1 aliphatic rings.